The monoisotopic (exact) mass is 289 g/mol. The van der Waals surface area contributed by atoms with E-state index in [0.717, 1.165) is 17.5 Å². The molecule has 5 N–H and O–H groups in total. The summed E-state index contributed by atoms with van der Waals surface area (Å²) in [6, 6.07) is 5.02. The number of benzene rings is 1. The lowest BCUT2D eigenvalue weighted by atomic mass is 9.99. The van der Waals surface area contributed by atoms with Crippen LogP contribution in [0.4, 0.5) is 5.69 Å². The van der Waals surface area contributed by atoms with E-state index >= 15 is 0 Å². The molecule has 114 valence electrons. The van der Waals surface area contributed by atoms with E-state index in [1.807, 2.05) is 6.92 Å². The maximum atomic E-state index is 11.7. The number of rotatable bonds is 7. The van der Waals surface area contributed by atoms with Crippen molar-refractivity contribution >= 4 is 23.4 Å². The molecule has 0 spiro atoms. The molecule has 0 aromatic heterocycles. The van der Waals surface area contributed by atoms with E-state index in [4.69, 9.17) is 16.2 Å². The molecule has 1 amide bonds. The molecule has 0 heterocycles. The summed E-state index contributed by atoms with van der Waals surface area (Å²) >= 11 is 0. The van der Waals surface area contributed by atoms with Gasteiger partial charge in [-0.3, -0.25) is 4.79 Å². The fourth-order valence-electron chi connectivity index (χ4n) is 1.88. The number of nitrogens with two attached hydrogens (primary N) is 1. The summed E-state index contributed by atoms with van der Waals surface area (Å²) < 4.78 is 0. The Morgan fingerprint density at radius 1 is 1.52 bits per heavy atom. The number of nitrogens with one attached hydrogen (secondary N) is 2. The molecule has 0 aliphatic carbocycles. The Hall–Kier alpha value is -2.14. The van der Waals surface area contributed by atoms with Crippen LogP contribution in [0.15, 0.2) is 24.3 Å². The zero-order valence-electron chi connectivity index (χ0n) is 12.5. The molecule has 1 aromatic carbocycles. The Morgan fingerprint density at radius 2 is 2.24 bits per heavy atom. The van der Waals surface area contributed by atoms with Crippen molar-refractivity contribution in [3.63, 3.8) is 0 Å². The summed E-state index contributed by atoms with van der Waals surface area (Å²) in [6.07, 6.45) is 4.61. The highest BCUT2D eigenvalue weighted by Crippen LogP contribution is 2.17. The van der Waals surface area contributed by atoms with Gasteiger partial charge in [-0.05, 0) is 37.1 Å². The number of hydrogen-bond acceptors (Lipinski definition) is 4. The van der Waals surface area contributed by atoms with Crippen molar-refractivity contribution in [1.82, 2.24) is 5.32 Å². The lowest BCUT2D eigenvalue weighted by Gasteiger charge is -2.10. The van der Waals surface area contributed by atoms with E-state index in [0.29, 0.717) is 17.8 Å². The van der Waals surface area contributed by atoms with Crippen LogP contribution in [0.3, 0.4) is 0 Å². The molecule has 0 aliphatic heterocycles. The Labute approximate surface area is 125 Å². The SMILES string of the molecule is CCCC(=N)c1ccc(N)cc1C=CC(=O)NC(C)CO. The quantitative estimate of drug-likeness (QED) is 0.351. The lowest BCUT2D eigenvalue weighted by Crippen LogP contribution is -2.33. The van der Waals surface area contributed by atoms with Crippen LogP contribution in [-0.2, 0) is 4.79 Å². The molecule has 0 radical (unpaired) electrons. The van der Waals surface area contributed by atoms with Crippen molar-refractivity contribution in [2.24, 2.45) is 0 Å². The van der Waals surface area contributed by atoms with Crippen molar-refractivity contribution < 1.29 is 9.90 Å². The molecular formula is C16H23N3O2. The van der Waals surface area contributed by atoms with E-state index in [2.05, 4.69) is 5.32 Å². The molecule has 5 nitrogen and oxygen atoms in total. The number of aliphatic hydroxyl groups excluding tert-OH is 1. The zero-order chi connectivity index (χ0) is 15.8. The van der Waals surface area contributed by atoms with Crippen LogP contribution in [0.2, 0.25) is 0 Å². The van der Waals surface area contributed by atoms with E-state index < -0.39 is 0 Å². The second-order valence-corrected chi connectivity index (χ2v) is 5.00. The Kier molecular flexibility index (Phi) is 6.62. The zero-order valence-corrected chi connectivity index (χ0v) is 12.5. The highest BCUT2D eigenvalue weighted by atomic mass is 16.3. The molecule has 1 unspecified atom stereocenters. The minimum Gasteiger partial charge on any atom is -0.399 e. The minimum absolute atomic E-state index is 0.107. The molecule has 1 rings (SSSR count). The molecular weight excluding hydrogens is 266 g/mol. The maximum absolute atomic E-state index is 11.7. The van der Waals surface area contributed by atoms with Gasteiger partial charge in [-0.25, -0.2) is 0 Å². The van der Waals surface area contributed by atoms with Crippen LogP contribution in [0.1, 0.15) is 37.8 Å². The molecule has 0 saturated heterocycles. The van der Waals surface area contributed by atoms with Gasteiger partial charge < -0.3 is 21.6 Å². The van der Waals surface area contributed by atoms with Crippen LogP contribution in [0.5, 0.6) is 0 Å². The number of amides is 1. The average Bonchev–Trinajstić information content (AvgIpc) is 2.45. The summed E-state index contributed by atoms with van der Waals surface area (Å²) in [7, 11) is 0. The predicted molar refractivity (Wildman–Crippen MR) is 86.3 cm³/mol. The average molecular weight is 289 g/mol. The van der Waals surface area contributed by atoms with Crippen molar-refractivity contribution in [3.05, 3.63) is 35.4 Å². The van der Waals surface area contributed by atoms with Crippen LogP contribution in [0, 0.1) is 5.41 Å². The second kappa shape index (κ2) is 8.21. The van der Waals surface area contributed by atoms with E-state index in [-0.39, 0.29) is 18.6 Å². The number of anilines is 1. The van der Waals surface area contributed by atoms with Gasteiger partial charge >= 0.3 is 0 Å². The van der Waals surface area contributed by atoms with Crippen LogP contribution in [-0.4, -0.2) is 29.4 Å². The van der Waals surface area contributed by atoms with Gasteiger partial charge in [0.25, 0.3) is 0 Å². The molecule has 0 saturated carbocycles. The Bertz CT molecular complexity index is 538. The molecule has 0 bridgehead atoms. The van der Waals surface area contributed by atoms with Crippen molar-refractivity contribution in [3.8, 4) is 0 Å². The smallest absolute Gasteiger partial charge is 0.244 e. The third-order valence-electron chi connectivity index (χ3n) is 2.98. The highest BCUT2D eigenvalue weighted by molar-refractivity contribution is 6.03. The third kappa shape index (κ3) is 5.39. The van der Waals surface area contributed by atoms with Gasteiger partial charge in [0.1, 0.15) is 0 Å². The first kappa shape index (κ1) is 16.9. The first-order valence-electron chi connectivity index (χ1n) is 7.04. The van der Waals surface area contributed by atoms with Gasteiger partial charge in [-0.2, -0.15) is 0 Å². The number of hydrogen-bond donors (Lipinski definition) is 4. The predicted octanol–water partition coefficient (Wildman–Crippen LogP) is 1.95. The van der Waals surface area contributed by atoms with Gasteiger partial charge in [0.15, 0.2) is 0 Å². The van der Waals surface area contributed by atoms with E-state index in [1.54, 1.807) is 31.2 Å². The fraction of sp³-hybridized carbons (Fsp3) is 0.375. The van der Waals surface area contributed by atoms with Crippen molar-refractivity contribution in [1.29, 1.82) is 5.41 Å². The Balaban J connectivity index is 2.93. The number of nitrogen functional groups attached to an aromatic ring is 1. The normalized spacial score (nSPS) is 12.3. The molecule has 0 fully saturated rings. The second-order valence-electron chi connectivity index (χ2n) is 5.00. The molecule has 0 aliphatic rings. The van der Waals surface area contributed by atoms with Crippen LogP contribution < -0.4 is 11.1 Å². The third-order valence-corrected chi connectivity index (χ3v) is 2.98. The summed E-state index contributed by atoms with van der Waals surface area (Å²) in [4.78, 5) is 11.7. The topological polar surface area (TPSA) is 99.2 Å². The number of carbonyl (C=O) groups excluding carboxylic acids is 1. The largest absolute Gasteiger partial charge is 0.399 e. The lowest BCUT2D eigenvalue weighted by molar-refractivity contribution is -0.117. The van der Waals surface area contributed by atoms with Crippen molar-refractivity contribution in [2.75, 3.05) is 12.3 Å². The number of aliphatic hydroxyl groups is 1. The summed E-state index contributed by atoms with van der Waals surface area (Å²) in [5, 5.41) is 19.6. The number of carbonyl (C=O) groups is 1. The standard InChI is InChI=1S/C16H23N3O2/c1-3-4-15(18)14-7-6-13(17)9-12(14)5-8-16(21)19-11(2)10-20/h5-9,11,18,20H,3-4,10,17H2,1-2H3,(H,19,21). The fourth-order valence-corrected chi connectivity index (χ4v) is 1.88. The van der Waals surface area contributed by atoms with Gasteiger partial charge in [-0.15, -0.1) is 0 Å². The highest BCUT2D eigenvalue weighted by Gasteiger charge is 2.07. The first-order chi connectivity index (χ1) is 9.97. The van der Waals surface area contributed by atoms with E-state index in [1.165, 1.54) is 6.08 Å². The van der Waals surface area contributed by atoms with Crippen molar-refractivity contribution in [2.45, 2.75) is 32.7 Å². The van der Waals surface area contributed by atoms with Gasteiger partial charge in [-0.1, -0.05) is 19.4 Å². The van der Waals surface area contributed by atoms with Crippen LogP contribution >= 0.6 is 0 Å². The van der Waals surface area contributed by atoms with Gasteiger partial charge in [0.2, 0.25) is 5.91 Å². The summed E-state index contributed by atoms with van der Waals surface area (Å²) in [5.41, 5.74) is 8.42. The van der Waals surface area contributed by atoms with Crippen LogP contribution in [0.25, 0.3) is 6.08 Å². The minimum atomic E-state index is -0.291. The van der Waals surface area contributed by atoms with E-state index in [9.17, 15) is 4.79 Å². The van der Waals surface area contributed by atoms with Gasteiger partial charge in [0, 0.05) is 29.1 Å². The summed E-state index contributed by atoms with van der Waals surface area (Å²) in [5.74, 6) is -0.285. The maximum Gasteiger partial charge on any atom is 0.244 e. The molecule has 21 heavy (non-hydrogen) atoms. The molecule has 1 atom stereocenters. The summed E-state index contributed by atoms with van der Waals surface area (Å²) in [6.45, 7) is 3.63. The molecule has 1 aromatic rings. The Morgan fingerprint density at radius 3 is 2.86 bits per heavy atom. The van der Waals surface area contributed by atoms with Gasteiger partial charge in [0.05, 0.1) is 6.61 Å². The molecule has 5 heteroatoms. The first-order valence-corrected chi connectivity index (χ1v) is 7.04.